The molecule has 30 heavy (non-hydrogen) atoms. The second-order valence-corrected chi connectivity index (χ2v) is 9.62. The Balaban J connectivity index is 1.68. The molecule has 0 saturated carbocycles. The van der Waals surface area contributed by atoms with Crippen LogP contribution in [0, 0.1) is 18.3 Å². The van der Waals surface area contributed by atoms with Crippen molar-refractivity contribution in [1.82, 2.24) is 14.2 Å². The summed E-state index contributed by atoms with van der Waals surface area (Å²) in [5.41, 5.74) is 3.13. The summed E-state index contributed by atoms with van der Waals surface area (Å²) in [5.74, 6) is 0. The average Bonchev–Trinajstić information content (AvgIpc) is 3.13. The average molecular weight is 423 g/mol. The number of rotatable bonds is 6. The quantitative estimate of drug-likeness (QED) is 0.661. The second-order valence-electron chi connectivity index (χ2n) is 7.81. The summed E-state index contributed by atoms with van der Waals surface area (Å²) in [6.07, 6.45) is 3.45. The van der Waals surface area contributed by atoms with Crippen molar-refractivity contribution in [3.8, 4) is 6.07 Å². The summed E-state index contributed by atoms with van der Waals surface area (Å²) in [6, 6.07) is 14.3. The monoisotopic (exact) mass is 422 g/mol. The van der Waals surface area contributed by atoms with Crippen molar-refractivity contribution in [3.05, 3.63) is 65.4 Å². The summed E-state index contributed by atoms with van der Waals surface area (Å²) < 4.78 is 28.0. The zero-order chi connectivity index (χ0) is 21.1. The first kappa shape index (κ1) is 20.6. The van der Waals surface area contributed by atoms with Crippen molar-refractivity contribution in [2.45, 2.75) is 24.7 Å². The van der Waals surface area contributed by atoms with Crippen molar-refractivity contribution in [1.29, 1.82) is 5.26 Å². The molecule has 0 aliphatic carbocycles. The van der Waals surface area contributed by atoms with Crippen molar-refractivity contribution >= 4 is 20.9 Å². The third-order valence-electron chi connectivity index (χ3n) is 5.69. The zero-order valence-electron chi connectivity index (χ0n) is 17.1. The number of aryl methyl sites for hydroxylation is 2. The maximum atomic E-state index is 13.3. The van der Waals surface area contributed by atoms with Gasteiger partial charge in [-0.3, -0.25) is 0 Å². The predicted molar refractivity (Wildman–Crippen MR) is 118 cm³/mol. The number of piperazine rings is 1. The van der Waals surface area contributed by atoms with Gasteiger partial charge < -0.3 is 10.2 Å². The largest absolute Gasteiger partial charge is 0.314 e. The highest BCUT2D eigenvalue weighted by Gasteiger charge is 2.21. The molecule has 0 bridgehead atoms. The SMILES string of the molecule is Cc1ccc(S(=O)(=O)n2cc(CCCN3CCNCC3)c3cc(C#N)ccc32)cc1. The van der Waals surface area contributed by atoms with E-state index < -0.39 is 10.0 Å². The van der Waals surface area contributed by atoms with Crippen molar-refractivity contribution in [3.63, 3.8) is 0 Å². The third-order valence-corrected chi connectivity index (χ3v) is 7.38. The molecule has 1 aliphatic heterocycles. The van der Waals surface area contributed by atoms with Gasteiger partial charge in [-0.2, -0.15) is 5.26 Å². The Morgan fingerprint density at radius 3 is 2.53 bits per heavy atom. The molecule has 1 saturated heterocycles. The lowest BCUT2D eigenvalue weighted by Gasteiger charge is -2.26. The fourth-order valence-corrected chi connectivity index (χ4v) is 5.38. The van der Waals surface area contributed by atoms with Crippen LogP contribution in [0.15, 0.2) is 53.6 Å². The molecule has 2 heterocycles. The van der Waals surface area contributed by atoms with Crippen LogP contribution in [-0.2, 0) is 16.4 Å². The number of aromatic nitrogens is 1. The number of nitrogens with zero attached hydrogens (tertiary/aromatic N) is 3. The maximum absolute atomic E-state index is 13.3. The van der Waals surface area contributed by atoms with Gasteiger partial charge in [0.2, 0.25) is 0 Å². The molecule has 2 aromatic carbocycles. The molecule has 1 aliphatic rings. The predicted octanol–water partition coefficient (Wildman–Crippen LogP) is 2.90. The zero-order valence-corrected chi connectivity index (χ0v) is 18.0. The van der Waals surface area contributed by atoms with Gasteiger partial charge in [0.1, 0.15) is 0 Å². The topological polar surface area (TPSA) is 78.1 Å². The molecule has 3 aromatic rings. The molecular weight excluding hydrogens is 396 g/mol. The Morgan fingerprint density at radius 2 is 1.83 bits per heavy atom. The van der Waals surface area contributed by atoms with Crippen LogP contribution < -0.4 is 5.32 Å². The van der Waals surface area contributed by atoms with Crippen LogP contribution in [0.2, 0.25) is 0 Å². The van der Waals surface area contributed by atoms with Gasteiger partial charge >= 0.3 is 0 Å². The molecule has 0 spiro atoms. The standard InChI is InChI=1S/C23H26N4O2S/c1-18-4-7-21(8-5-18)30(28,29)27-17-20(3-2-12-26-13-10-25-11-14-26)22-15-19(16-24)6-9-23(22)27/h4-9,15,17,25H,2-3,10-14H2,1H3. The second kappa shape index (κ2) is 8.60. The van der Waals surface area contributed by atoms with Gasteiger partial charge in [0.25, 0.3) is 10.0 Å². The van der Waals surface area contributed by atoms with Gasteiger partial charge in [0.05, 0.1) is 22.0 Å². The van der Waals surface area contributed by atoms with E-state index in [-0.39, 0.29) is 4.90 Å². The van der Waals surface area contributed by atoms with Crippen LogP contribution in [0.4, 0.5) is 0 Å². The van der Waals surface area contributed by atoms with E-state index in [1.54, 1.807) is 48.7 Å². The Hall–Kier alpha value is -2.66. The lowest BCUT2D eigenvalue weighted by atomic mass is 10.1. The highest BCUT2D eigenvalue weighted by atomic mass is 32.2. The summed E-state index contributed by atoms with van der Waals surface area (Å²) in [7, 11) is -3.71. The van der Waals surface area contributed by atoms with Crippen molar-refractivity contribution < 1.29 is 8.42 Å². The van der Waals surface area contributed by atoms with E-state index >= 15 is 0 Å². The smallest absolute Gasteiger partial charge is 0.268 e. The van der Waals surface area contributed by atoms with E-state index in [1.807, 2.05) is 6.92 Å². The van der Waals surface area contributed by atoms with Gasteiger partial charge in [-0.15, -0.1) is 0 Å². The van der Waals surface area contributed by atoms with E-state index in [0.717, 1.165) is 62.1 Å². The Labute approximate surface area is 177 Å². The number of nitrogens with one attached hydrogen (secondary N) is 1. The molecule has 0 unspecified atom stereocenters. The molecule has 156 valence electrons. The van der Waals surface area contributed by atoms with E-state index in [9.17, 15) is 13.7 Å². The molecule has 6 nitrogen and oxygen atoms in total. The van der Waals surface area contributed by atoms with Crippen LogP contribution in [-0.4, -0.2) is 50.0 Å². The molecule has 1 fully saturated rings. The molecule has 0 radical (unpaired) electrons. The number of hydrogen-bond acceptors (Lipinski definition) is 5. The maximum Gasteiger partial charge on any atom is 0.268 e. The molecule has 7 heteroatoms. The molecule has 1 N–H and O–H groups in total. The highest BCUT2D eigenvalue weighted by Crippen LogP contribution is 2.28. The van der Waals surface area contributed by atoms with Gasteiger partial charge in [-0.1, -0.05) is 17.7 Å². The van der Waals surface area contributed by atoms with Crippen molar-refractivity contribution in [2.24, 2.45) is 0 Å². The Morgan fingerprint density at radius 1 is 1.10 bits per heavy atom. The van der Waals surface area contributed by atoms with Crippen LogP contribution in [0.5, 0.6) is 0 Å². The Bertz CT molecular complexity index is 1180. The molecular formula is C23H26N4O2S. The van der Waals surface area contributed by atoms with Gasteiger partial charge in [-0.25, -0.2) is 12.4 Å². The fraction of sp³-hybridized carbons (Fsp3) is 0.348. The minimum absolute atomic E-state index is 0.265. The van der Waals surface area contributed by atoms with Crippen LogP contribution in [0.3, 0.4) is 0 Å². The van der Waals surface area contributed by atoms with E-state index in [1.165, 1.54) is 3.97 Å². The lowest BCUT2D eigenvalue weighted by Crippen LogP contribution is -2.43. The van der Waals surface area contributed by atoms with Gasteiger partial charge in [0.15, 0.2) is 0 Å². The van der Waals surface area contributed by atoms with Crippen LogP contribution in [0.25, 0.3) is 10.9 Å². The summed E-state index contributed by atoms with van der Waals surface area (Å²) in [4.78, 5) is 2.70. The van der Waals surface area contributed by atoms with E-state index in [4.69, 9.17) is 0 Å². The fourth-order valence-electron chi connectivity index (χ4n) is 3.99. The number of nitriles is 1. The first-order valence-electron chi connectivity index (χ1n) is 10.3. The first-order chi connectivity index (χ1) is 14.5. The number of benzene rings is 2. The van der Waals surface area contributed by atoms with Crippen LogP contribution >= 0.6 is 0 Å². The highest BCUT2D eigenvalue weighted by molar-refractivity contribution is 7.90. The Kier molecular flexibility index (Phi) is 5.91. The normalized spacial score (nSPS) is 15.3. The summed E-state index contributed by atoms with van der Waals surface area (Å²) in [5, 5.41) is 13.5. The minimum atomic E-state index is -3.71. The number of hydrogen-bond donors (Lipinski definition) is 1. The molecule has 1 aromatic heterocycles. The lowest BCUT2D eigenvalue weighted by molar-refractivity contribution is 0.238. The molecule has 0 atom stereocenters. The first-order valence-corrected chi connectivity index (χ1v) is 11.7. The summed E-state index contributed by atoms with van der Waals surface area (Å²) in [6.45, 7) is 7.03. The van der Waals surface area contributed by atoms with E-state index in [2.05, 4.69) is 16.3 Å². The third kappa shape index (κ3) is 4.12. The number of fused-ring (bicyclic) bond motifs is 1. The van der Waals surface area contributed by atoms with Gasteiger partial charge in [-0.05, 0) is 62.2 Å². The van der Waals surface area contributed by atoms with Crippen LogP contribution in [0.1, 0.15) is 23.1 Å². The van der Waals surface area contributed by atoms with Crippen molar-refractivity contribution in [2.75, 3.05) is 32.7 Å². The molecule has 0 amide bonds. The minimum Gasteiger partial charge on any atom is -0.314 e. The summed E-state index contributed by atoms with van der Waals surface area (Å²) >= 11 is 0. The van der Waals surface area contributed by atoms with E-state index in [0.29, 0.717) is 11.1 Å². The molecule has 4 rings (SSSR count). The van der Waals surface area contributed by atoms with Gasteiger partial charge in [0, 0.05) is 37.8 Å².